The van der Waals surface area contributed by atoms with Crippen molar-refractivity contribution in [2.45, 2.75) is 49.7 Å². The lowest BCUT2D eigenvalue weighted by Gasteiger charge is -2.33. The molecule has 0 amide bonds. The molecule has 0 bridgehead atoms. The predicted molar refractivity (Wildman–Crippen MR) is 167 cm³/mol. The molecule has 0 radical (unpaired) electrons. The number of halogens is 8. The van der Waals surface area contributed by atoms with Crippen molar-refractivity contribution >= 4 is 19.5 Å². The number of ether oxygens (including phenoxy) is 2. The Labute approximate surface area is 290 Å². The summed E-state index contributed by atoms with van der Waals surface area (Å²) in [5.41, 5.74) is -14.4. The van der Waals surface area contributed by atoms with Crippen LogP contribution in [0.4, 0.5) is 35.1 Å². The van der Waals surface area contributed by atoms with E-state index in [-0.39, 0.29) is 11.1 Å². The van der Waals surface area contributed by atoms with Crippen LogP contribution in [0.5, 0.6) is 0 Å². The van der Waals surface area contributed by atoms with Crippen LogP contribution in [0.2, 0.25) is 0 Å². The highest BCUT2D eigenvalue weighted by atomic mass is 31.2. The molecular formula is C35H29F8O8P. The van der Waals surface area contributed by atoms with Crippen LogP contribution in [0.1, 0.15) is 33.4 Å². The Kier molecular flexibility index (Phi) is 11.7. The standard InChI is InChI=1S/C35H29F8O8P/c36-33(37,52(47,48)49)28-17-13-24(14-18-28)20-31(29(44)50-21-25-7-3-1-4-8-25,30(45)51-22-26-9-5-2-6-10-26)19-23-11-15-27(16-12-23)32(46,34(38,39)40)35(41,42)43/h1-18,46H,19-22H2,(H2,47,48,49). The smallest absolute Gasteiger partial charge is 0.430 e. The summed E-state index contributed by atoms with van der Waals surface area (Å²) < 4.78 is 132. The molecule has 278 valence electrons. The summed E-state index contributed by atoms with van der Waals surface area (Å²) in [4.78, 5) is 46.4. The highest BCUT2D eigenvalue weighted by Gasteiger charge is 2.71. The maximum Gasteiger partial charge on any atom is 0.430 e. The van der Waals surface area contributed by atoms with Gasteiger partial charge in [-0.1, -0.05) is 109 Å². The summed E-state index contributed by atoms with van der Waals surface area (Å²) in [6.07, 6.45) is -13.9. The van der Waals surface area contributed by atoms with Crippen molar-refractivity contribution in [3.05, 3.63) is 143 Å². The number of benzene rings is 4. The Bertz CT molecular complexity index is 1810. The van der Waals surface area contributed by atoms with Crippen LogP contribution in [0.25, 0.3) is 0 Å². The second kappa shape index (κ2) is 15.2. The van der Waals surface area contributed by atoms with Crippen molar-refractivity contribution in [3.8, 4) is 0 Å². The monoisotopic (exact) mass is 760 g/mol. The molecule has 0 spiro atoms. The molecule has 0 aliphatic heterocycles. The van der Waals surface area contributed by atoms with Gasteiger partial charge >= 0.3 is 37.6 Å². The number of aliphatic hydroxyl groups is 1. The minimum Gasteiger partial charge on any atom is -0.460 e. The molecule has 3 N–H and O–H groups in total. The topological polar surface area (TPSA) is 130 Å². The van der Waals surface area contributed by atoms with Crippen LogP contribution in [-0.2, 0) is 60.9 Å². The van der Waals surface area contributed by atoms with Crippen molar-refractivity contribution in [2.75, 3.05) is 0 Å². The maximum absolute atomic E-state index is 14.4. The zero-order valence-corrected chi connectivity index (χ0v) is 27.5. The third kappa shape index (κ3) is 8.52. The van der Waals surface area contributed by atoms with Crippen LogP contribution in [-0.4, -0.2) is 39.2 Å². The first kappa shape index (κ1) is 40.1. The van der Waals surface area contributed by atoms with E-state index in [1.807, 2.05) is 0 Å². The normalized spacial score (nSPS) is 13.1. The van der Waals surface area contributed by atoms with Gasteiger partial charge in [-0.05, 0) is 35.1 Å². The second-order valence-corrected chi connectivity index (χ2v) is 13.4. The Morgan fingerprint density at radius 2 is 0.885 bits per heavy atom. The predicted octanol–water partition coefficient (Wildman–Crippen LogP) is 7.48. The molecule has 4 aromatic rings. The van der Waals surface area contributed by atoms with Crippen LogP contribution in [0, 0.1) is 5.41 Å². The molecule has 8 nitrogen and oxygen atoms in total. The molecule has 4 rings (SSSR count). The largest absolute Gasteiger partial charge is 0.460 e. The van der Waals surface area contributed by atoms with Gasteiger partial charge in [0.15, 0.2) is 5.41 Å². The van der Waals surface area contributed by atoms with Crippen molar-refractivity contribution in [1.82, 2.24) is 0 Å². The summed E-state index contributed by atoms with van der Waals surface area (Å²) in [6.45, 7) is -0.825. The SMILES string of the molecule is O=C(OCc1ccccc1)C(Cc1ccc(C(O)(C(F)(F)F)C(F)(F)F)cc1)(Cc1ccc(C(F)(F)P(=O)(O)O)cc1)C(=O)OCc1ccccc1. The molecule has 52 heavy (non-hydrogen) atoms. The van der Waals surface area contributed by atoms with Crippen molar-refractivity contribution in [1.29, 1.82) is 0 Å². The first-order valence-electron chi connectivity index (χ1n) is 15.0. The third-order valence-corrected chi connectivity index (χ3v) is 9.07. The lowest BCUT2D eigenvalue weighted by Crippen LogP contribution is -2.53. The molecule has 4 aromatic carbocycles. The molecule has 0 unspecified atom stereocenters. The zero-order chi connectivity index (χ0) is 38.6. The highest BCUT2D eigenvalue weighted by molar-refractivity contribution is 7.52. The molecular weight excluding hydrogens is 731 g/mol. The maximum atomic E-state index is 14.4. The van der Waals surface area contributed by atoms with Gasteiger partial charge in [0.25, 0.3) is 5.60 Å². The van der Waals surface area contributed by atoms with Crippen molar-refractivity contribution in [3.63, 3.8) is 0 Å². The van der Waals surface area contributed by atoms with Gasteiger partial charge in [-0.15, -0.1) is 0 Å². The summed E-state index contributed by atoms with van der Waals surface area (Å²) >= 11 is 0. The molecule has 0 aromatic heterocycles. The average molecular weight is 761 g/mol. The number of esters is 2. The van der Waals surface area contributed by atoms with E-state index in [9.17, 15) is 54.4 Å². The highest BCUT2D eigenvalue weighted by Crippen LogP contribution is 2.59. The summed E-state index contributed by atoms with van der Waals surface area (Å²) in [6, 6.07) is 21.4. The fourth-order valence-corrected chi connectivity index (χ4v) is 5.68. The number of carbonyl (C=O) groups excluding carboxylic acids is 2. The van der Waals surface area contributed by atoms with Gasteiger partial charge in [0.05, 0.1) is 0 Å². The van der Waals surface area contributed by atoms with Gasteiger partial charge in [-0.3, -0.25) is 14.2 Å². The number of carbonyl (C=O) groups is 2. The van der Waals surface area contributed by atoms with E-state index >= 15 is 0 Å². The third-order valence-electron chi connectivity index (χ3n) is 8.08. The average Bonchev–Trinajstić information content (AvgIpc) is 3.08. The fraction of sp³-hybridized carbons (Fsp3) is 0.257. The van der Waals surface area contributed by atoms with E-state index in [0.717, 1.165) is 24.3 Å². The van der Waals surface area contributed by atoms with Gasteiger partial charge in [0, 0.05) is 11.1 Å². The first-order chi connectivity index (χ1) is 24.1. The molecule has 0 aliphatic carbocycles. The Morgan fingerprint density at radius 1 is 0.538 bits per heavy atom. The van der Waals surface area contributed by atoms with Crippen molar-refractivity contribution in [2.24, 2.45) is 5.41 Å². The Morgan fingerprint density at radius 3 is 1.21 bits per heavy atom. The molecule has 17 heteroatoms. The summed E-state index contributed by atoms with van der Waals surface area (Å²) in [7, 11) is -5.98. The molecule has 0 atom stereocenters. The van der Waals surface area contributed by atoms with Gasteiger partial charge in [0.2, 0.25) is 0 Å². The van der Waals surface area contributed by atoms with Gasteiger partial charge in [0.1, 0.15) is 13.2 Å². The van der Waals surface area contributed by atoms with Gasteiger partial charge in [-0.25, -0.2) is 0 Å². The quantitative estimate of drug-likeness (QED) is 0.0554. The van der Waals surface area contributed by atoms with Crippen molar-refractivity contribution < 1.29 is 73.6 Å². The lowest BCUT2D eigenvalue weighted by molar-refractivity contribution is -0.376. The number of hydrogen-bond donors (Lipinski definition) is 3. The molecule has 0 saturated carbocycles. The van der Waals surface area contributed by atoms with E-state index < -0.39 is 85.7 Å². The first-order valence-corrected chi connectivity index (χ1v) is 16.6. The van der Waals surface area contributed by atoms with E-state index in [1.54, 1.807) is 60.7 Å². The van der Waals surface area contributed by atoms with E-state index in [0.29, 0.717) is 35.4 Å². The number of hydrogen-bond acceptors (Lipinski definition) is 6. The minimum atomic E-state index is -6.19. The Balaban J connectivity index is 1.82. The summed E-state index contributed by atoms with van der Waals surface area (Å²) in [5, 5.41) is 9.84. The van der Waals surface area contributed by atoms with Crippen LogP contribution < -0.4 is 0 Å². The number of alkyl halides is 8. The molecule has 0 saturated heterocycles. The van der Waals surface area contributed by atoms with Gasteiger partial charge in [-0.2, -0.15) is 35.1 Å². The van der Waals surface area contributed by atoms with E-state index in [4.69, 9.17) is 19.3 Å². The second-order valence-electron chi connectivity index (χ2n) is 11.7. The molecule has 0 aliphatic rings. The lowest BCUT2D eigenvalue weighted by atomic mass is 9.76. The van der Waals surface area contributed by atoms with E-state index in [2.05, 4.69) is 0 Å². The fourth-order valence-electron chi connectivity index (χ4n) is 5.20. The minimum absolute atomic E-state index is 0.0567. The van der Waals surface area contributed by atoms with E-state index in [1.165, 1.54) is 0 Å². The zero-order valence-electron chi connectivity index (χ0n) is 26.6. The van der Waals surface area contributed by atoms with Crippen LogP contribution in [0.3, 0.4) is 0 Å². The molecule has 0 heterocycles. The number of rotatable bonds is 13. The van der Waals surface area contributed by atoms with Crippen LogP contribution in [0.15, 0.2) is 109 Å². The van der Waals surface area contributed by atoms with Crippen LogP contribution >= 0.6 is 7.60 Å². The van der Waals surface area contributed by atoms with Gasteiger partial charge < -0.3 is 24.4 Å². The summed E-state index contributed by atoms with van der Waals surface area (Å²) in [5.74, 6) is -2.55. The molecule has 0 fully saturated rings. The Hall–Kier alpha value is -4.63.